The Hall–Kier alpha value is -1.85. The number of para-hydroxylation sites is 1. The molecule has 1 aliphatic rings. The van der Waals surface area contributed by atoms with Gasteiger partial charge in [0.25, 0.3) is 10.1 Å². The van der Waals surface area contributed by atoms with Crippen LogP contribution in [0, 0.1) is 13.8 Å². The standard InChI is InChI=1S/C17H18O4S/c1-12-6-8-16(9-7-12)22(18,19)20-11-15-10-14-5-3-4-13(2)17(14)21-15/h3-9,15H,10-11H2,1-2H3. The molecule has 116 valence electrons. The Balaban J connectivity index is 1.67. The predicted octanol–water partition coefficient (Wildman–Crippen LogP) is 3.01. The van der Waals surface area contributed by atoms with Gasteiger partial charge in [0.15, 0.2) is 0 Å². The van der Waals surface area contributed by atoms with Crippen LogP contribution in [-0.2, 0) is 20.7 Å². The number of benzene rings is 2. The lowest BCUT2D eigenvalue weighted by Gasteiger charge is -2.12. The number of aryl methyl sites for hydroxylation is 2. The van der Waals surface area contributed by atoms with Crippen molar-refractivity contribution in [1.29, 1.82) is 0 Å². The normalized spacial score (nSPS) is 17.1. The molecule has 1 aliphatic heterocycles. The molecule has 1 unspecified atom stereocenters. The third kappa shape index (κ3) is 3.00. The van der Waals surface area contributed by atoms with E-state index in [1.54, 1.807) is 24.3 Å². The van der Waals surface area contributed by atoms with Crippen LogP contribution in [0.2, 0.25) is 0 Å². The van der Waals surface area contributed by atoms with Crippen molar-refractivity contribution in [1.82, 2.24) is 0 Å². The van der Waals surface area contributed by atoms with Crippen LogP contribution in [0.25, 0.3) is 0 Å². The van der Waals surface area contributed by atoms with Crippen molar-refractivity contribution in [2.45, 2.75) is 31.3 Å². The zero-order valence-electron chi connectivity index (χ0n) is 12.6. The molecule has 0 saturated carbocycles. The van der Waals surface area contributed by atoms with Gasteiger partial charge in [-0.15, -0.1) is 0 Å². The van der Waals surface area contributed by atoms with Gasteiger partial charge in [0.05, 0.1) is 4.90 Å². The average Bonchev–Trinajstić information content (AvgIpc) is 2.90. The zero-order valence-corrected chi connectivity index (χ0v) is 13.4. The zero-order chi connectivity index (χ0) is 15.7. The van der Waals surface area contributed by atoms with Gasteiger partial charge in [0.1, 0.15) is 18.5 Å². The largest absolute Gasteiger partial charge is 0.487 e. The van der Waals surface area contributed by atoms with E-state index in [2.05, 4.69) is 0 Å². The topological polar surface area (TPSA) is 52.6 Å². The molecule has 0 fully saturated rings. The molecule has 0 aromatic heterocycles. The van der Waals surface area contributed by atoms with Crippen molar-refractivity contribution in [2.75, 3.05) is 6.61 Å². The number of hydrogen-bond donors (Lipinski definition) is 0. The van der Waals surface area contributed by atoms with Gasteiger partial charge in [-0.2, -0.15) is 8.42 Å². The fourth-order valence-electron chi connectivity index (χ4n) is 2.53. The van der Waals surface area contributed by atoms with E-state index in [-0.39, 0.29) is 17.6 Å². The molecule has 0 saturated heterocycles. The predicted molar refractivity (Wildman–Crippen MR) is 83.6 cm³/mol. The van der Waals surface area contributed by atoms with Crippen LogP contribution in [0.5, 0.6) is 5.75 Å². The van der Waals surface area contributed by atoms with Crippen LogP contribution in [0.3, 0.4) is 0 Å². The molecule has 1 atom stereocenters. The van der Waals surface area contributed by atoms with E-state index in [4.69, 9.17) is 8.92 Å². The molecule has 2 aromatic carbocycles. The molecule has 0 bridgehead atoms. The Morgan fingerprint density at radius 3 is 2.55 bits per heavy atom. The summed E-state index contributed by atoms with van der Waals surface area (Å²) in [4.78, 5) is 0.171. The van der Waals surface area contributed by atoms with Gasteiger partial charge in [0, 0.05) is 6.42 Å². The lowest BCUT2D eigenvalue weighted by molar-refractivity contribution is 0.151. The highest BCUT2D eigenvalue weighted by molar-refractivity contribution is 7.86. The Morgan fingerprint density at radius 1 is 1.14 bits per heavy atom. The second kappa shape index (κ2) is 5.74. The molecule has 0 aliphatic carbocycles. The summed E-state index contributed by atoms with van der Waals surface area (Å²) < 4.78 is 35.3. The second-order valence-electron chi connectivity index (χ2n) is 5.56. The summed E-state index contributed by atoms with van der Waals surface area (Å²) in [6.45, 7) is 3.90. The van der Waals surface area contributed by atoms with Gasteiger partial charge < -0.3 is 4.74 Å². The minimum absolute atomic E-state index is 0.0182. The molecule has 5 heteroatoms. The van der Waals surface area contributed by atoms with E-state index < -0.39 is 10.1 Å². The third-order valence-electron chi connectivity index (χ3n) is 3.74. The Kier molecular flexibility index (Phi) is 3.93. The molecule has 0 radical (unpaired) electrons. The molecule has 3 rings (SSSR count). The summed E-state index contributed by atoms with van der Waals surface area (Å²) in [6.07, 6.45) is 0.400. The highest BCUT2D eigenvalue weighted by atomic mass is 32.2. The van der Waals surface area contributed by atoms with Crippen LogP contribution in [0.4, 0.5) is 0 Å². The van der Waals surface area contributed by atoms with Crippen molar-refractivity contribution in [3.05, 3.63) is 59.2 Å². The van der Waals surface area contributed by atoms with Crippen molar-refractivity contribution < 1.29 is 17.3 Å². The molecule has 0 amide bonds. The Bertz CT molecular complexity index is 779. The Morgan fingerprint density at radius 2 is 1.86 bits per heavy atom. The first-order chi connectivity index (χ1) is 10.5. The maximum Gasteiger partial charge on any atom is 0.297 e. The maximum atomic E-state index is 12.2. The maximum absolute atomic E-state index is 12.2. The van der Waals surface area contributed by atoms with E-state index in [9.17, 15) is 8.42 Å². The van der Waals surface area contributed by atoms with Crippen LogP contribution >= 0.6 is 0 Å². The van der Waals surface area contributed by atoms with Gasteiger partial charge in [-0.25, -0.2) is 0 Å². The summed E-state index contributed by atoms with van der Waals surface area (Å²) >= 11 is 0. The van der Waals surface area contributed by atoms with Crippen LogP contribution in [0.1, 0.15) is 16.7 Å². The summed E-state index contributed by atoms with van der Waals surface area (Å²) in [6, 6.07) is 12.6. The number of fused-ring (bicyclic) bond motifs is 1. The van der Waals surface area contributed by atoms with Crippen molar-refractivity contribution in [2.24, 2.45) is 0 Å². The minimum Gasteiger partial charge on any atom is -0.487 e. The van der Waals surface area contributed by atoms with Crippen molar-refractivity contribution in [3.8, 4) is 5.75 Å². The van der Waals surface area contributed by atoms with Gasteiger partial charge in [-0.3, -0.25) is 4.18 Å². The highest BCUT2D eigenvalue weighted by Crippen LogP contribution is 2.32. The van der Waals surface area contributed by atoms with E-state index in [1.807, 2.05) is 32.0 Å². The van der Waals surface area contributed by atoms with Gasteiger partial charge in [-0.05, 0) is 37.1 Å². The third-order valence-corrected chi connectivity index (χ3v) is 5.04. The first-order valence-electron chi connectivity index (χ1n) is 7.17. The van der Waals surface area contributed by atoms with E-state index in [0.717, 1.165) is 22.4 Å². The molecule has 2 aromatic rings. The first kappa shape index (κ1) is 15.1. The van der Waals surface area contributed by atoms with E-state index >= 15 is 0 Å². The van der Waals surface area contributed by atoms with Gasteiger partial charge in [0.2, 0.25) is 0 Å². The molecule has 22 heavy (non-hydrogen) atoms. The first-order valence-corrected chi connectivity index (χ1v) is 8.58. The van der Waals surface area contributed by atoms with Crippen LogP contribution in [0.15, 0.2) is 47.4 Å². The monoisotopic (exact) mass is 318 g/mol. The van der Waals surface area contributed by atoms with Crippen molar-refractivity contribution in [3.63, 3.8) is 0 Å². The summed E-state index contributed by atoms with van der Waals surface area (Å²) in [5.41, 5.74) is 3.16. The van der Waals surface area contributed by atoms with E-state index in [1.165, 1.54) is 0 Å². The fraction of sp³-hybridized carbons (Fsp3) is 0.294. The lowest BCUT2D eigenvalue weighted by Crippen LogP contribution is -2.23. The smallest absolute Gasteiger partial charge is 0.297 e. The lowest BCUT2D eigenvalue weighted by atomic mass is 10.1. The molecular formula is C17H18O4S. The second-order valence-corrected chi connectivity index (χ2v) is 7.17. The van der Waals surface area contributed by atoms with E-state index in [0.29, 0.717) is 6.42 Å². The number of hydrogen-bond acceptors (Lipinski definition) is 4. The van der Waals surface area contributed by atoms with Gasteiger partial charge in [-0.1, -0.05) is 35.9 Å². The highest BCUT2D eigenvalue weighted by Gasteiger charge is 2.26. The van der Waals surface area contributed by atoms with Gasteiger partial charge >= 0.3 is 0 Å². The number of rotatable bonds is 4. The Labute approximate surface area is 130 Å². The summed E-state index contributed by atoms with van der Waals surface area (Å²) in [7, 11) is -3.74. The molecule has 4 nitrogen and oxygen atoms in total. The van der Waals surface area contributed by atoms with Crippen molar-refractivity contribution >= 4 is 10.1 Å². The number of ether oxygens (including phenoxy) is 1. The summed E-state index contributed by atoms with van der Waals surface area (Å²) in [5, 5.41) is 0. The molecule has 1 heterocycles. The molecule has 0 N–H and O–H groups in total. The average molecular weight is 318 g/mol. The SMILES string of the molecule is Cc1ccc(S(=O)(=O)OCC2Cc3cccc(C)c3O2)cc1. The van der Waals surface area contributed by atoms with Crippen LogP contribution in [-0.4, -0.2) is 21.1 Å². The quantitative estimate of drug-likeness (QED) is 0.813. The van der Waals surface area contributed by atoms with Crippen LogP contribution < -0.4 is 4.74 Å². The summed E-state index contributed by atoms with van der Waals surface area (Å²) in [5.74, 6) is 0.851. The fourth-order valence-corrected chi connectivity index (χ4v) is 3.46. The molecule has 0 spiro atoms. The molecular weight excluding hydrogens is 300 g/mol. The minimum atomic E-state index is -3.74.